The van der Waals surface area contributed by atoms with Gasteiger partial charge in [-0.15, -0.1) is 0 Å². The first-order chi connectivity index (χ1) is 8.56. The molecule has 0 aliphatic heterocycles. The summed E-state index contributed by atoms with van der Waals surface area (Å²) in [6.07, 6.45) is 4.89. The minimum absolute atomic E-state index is 0.00310. The number of nitrogens with two attached hydrogens (primary N) is 1. The van der Waals surface area contributed by atoms with Gasteiger partial charge in [0.1, 0.15) is 5.82 Å². The summed E-state index contributed by atoms with van der Waals surface area (Å²) in [6, 6.07) is 5.08. The molecular formula is C14H19BrFNO. The van der Waals surface area contributed by atoms with Crippen molar-refractivity contribution < 1.29 is 9.13 Å². The van der Waals surface area contributed by atoms with Gasteiger partial charge >= 0.3 is 0 Å². The molecule has 1 fully saturated rings. The Kier molecular flexibility index (Phi) is 4.41. The van der Waals surface area contributed by atoms with Gasteiger partial charge in [-0.1, -0.05) is 12.1 Å². The molecule has 0 bridgehead atoms. The van der Waals surface area contributed by atoms with E-state index >= 15 is 0 Å². The summed E-state index contributed by atoms with van der Waals surface area (Å²) < 4.78 is 19.5. The summed E-state index contributed by atoms with van der Waals surface area (Å²) >= 11 is 3.27. The molecule has 18 heavy (non-hydrogen) atoms. The standard InChI is InChI=1S/C14H19BrFNO/c1-18-14(6-3-7-14)9-11(17)8-10-4-2-5-12(16)13(10)15/h2,4-5,11H,3,6-9,17H2,1H3. The quantitative estimate of drug-likeness (QED) is 0.903. The minimum atomic E-state index is -0.232. The fraction of sp³-hybridized carbons (Fsp3) is 0.571. The van der Waals surface area contributed by atoms with Gasteiger partial charge in [0.25, 0.3) is 0 Å². The molecule has 1 atom stereocenters. The molecule has 1 aliphatic carbocycles. The number of halogens is 2. The number of ether oxygens (including phenoxy) is 1. The first-order valence-corrected chi connectivity index (χ1v) is 7.09. The van der Waals surface area contributed by atoms with E-state index in [0.717, 1.165) is 24.8 Å². The normalized spacial score (nSPS) is 19.3. The van der Waals surface area contributed by atoms with E-state index in [0.29, 0.717) is 10.9 Å². The van der Waals surface area contributed by atoms with Crippen LogP contribution in [-0.4, -0.2) is 18.8 Å². The molecule has 1 aromatic rings. The minimum Gasteiger partial charge on any atom is -0.378 e. The molecule has 2 rings (SSSR count). The topological polar surface area (TPSA) is 35.2 Å². The molecule has 0 spiro atoms. The fourth-order valence-electron chi connectivity index (χ4n) is 2.60. The summed E-state index contributed by atoms with van der Waals surface area (Å²) in [7, 11) is 1.75. The van der Waals surface area contributed by atoms with Crippen molar-refractivity contribution in [3.63, 3.8) is 0 Å². The fourth-order valence-corrected chi connectivity index (χ4v) is 3.03. The number of benzene rings is 1. The zero-order valence-electron chi connectivity index (χ0n) is 10.6. The second-order valence-electron chi connectivity index (χ2n) is 5.12. The average molecular weight is 316 g/mol. The van der Waals surface area contributed by atoms with E-state index in [4.69, 9.17) is 10.5 Å². The van der Waals surface area contributed by atoms with Crippen LogP contribution in [-0.2, 0) is 11.2 Å². The Labute approximate surface area is 116 Å². The van der Waals surface area contributed by atoms with Crippen LogP contribution in [0, 0.1) is 5.82 Å². The average Bonchev–Trinajstić information content (AvgIpc) is 2.30. The molecule has 0 heterocycles. The summed E-state index contributed by atoms with van der Waals surface area (Å²) in [5.41, 5.74) is 7.07. The molecule has 1 aliphatic rings. The molecule has 0 amide bonds. The zero-order chi connectivity index (χ0) is 13.2. The Hall–Kier alpha value is -0.450. The number of hydrogen-bond donors (Lipinski definition) is 1. The van der Waals surface area contributed by atoms with Crippen LogP contribution in [0.4, 0.5) is 4.39 Å². The second-order valence-corrected chi connectivity index (χ2v) is 5.91. The van der Waals surface area contributed by atoms with Gasteiger partial charge in [-0.2, -0.15) is 0 Å². The maximum Gasteiger partial charge on any atom is 0.137 e. The molecule has 4 heteroatoms. The van der Waals surface area contributed by atoms with Crippen molar-refractivity contribution in [2.24, 2.45) is 5.73 Å². The van der Waals surface area contributed by atoms with Gasteiger partial charge in [-0.3, -0.25) is 0 Å². The van der Waals surface area contributed by atoms with Gasteiger partial charge in [0.15, 0.2) is 0 Å². The van der Waals surface area contributed by atoms with Crippen LogP contribution in [0.5, 0.6) is 0 Å². The van der Waals surface area contributed by atoms with E-state index in [1.54, 1.807) is 13.2 Å². The molecular weight excluding hydrogens is 297 g/mol. The monoisotopic (exact) mass is 315 g/mol. The third-order valence-electron chi connectivity index (χ3n) is 3.85. The van der Waals surface area contributed by atoms with Gasteiger partial charge in [0, 0.05) is 13.2 Å². The highest BCUT2D eigenvalue weighted by atomic mass is 79.9. The van der Waals surface area contributed by atoms with Crippen LogP contribution in [0.1, 0.15) is 31.2 Å². The molecule has 1 unspecified atom stereocenters. The Balaban J connectivity index is 1.98. The third kappa shape index (κ3) is 2.92. The highest BCUT2D eigenvalue weighted by molar-refractivity contribution is 9.10. The van der Waals surface area contributed by atoms with Crippen LogP contribution < -0.4 is 5.73 Å². The summed E-state index contributed by atoms with van der Waals surface area (Å²) in [5, 5.41) is 0. The highest BCUT2D eigenvalue weighted by Gasteiger charge is 2.38. The maximum absolute atomic E-state index is 13.4. The Bertz CT molecular complexity index is 415. The van der Waals surface area contributed by atoms with E-state index < -0.39 is 0 Å². The van der Waals surface area contributed by atoms with Gasteiger partial charge in [-0.05, 0) is 59.7 Å². The molecule has 2 N–H and O–H groups in total. The lowest BCUT2D eigenvalue weighted by atomic mass is 9.75. The summed E-state index contributed by atoms with van der Waals surface area (Å²) in [4.78, 5) is 0. The van der Waals surface area contributed by atoms with Crippen LogP contribution in [0.15, 0.2) is 22.7 Å². The molecule has 0 saturated heterocycles. The van der Waals surface area contributed by atoms with Crippen LogP contribution in [0.3, 0.4) is 0 Å². The first kappa shape index (κ1) is 14.0. The predicted octanol–water partition coefficient (Wildman–Crippen LogP) is 3.42. The maximum atomic E-state index is 13.4. The Morgan fingerprint density at radius 1 is 1.50 bits per heavy atom. The van der Waals surface area contributed by atoms with Crippen LogP contribution in [0.25, 0.3) is 0 Å². The van der Waals surface area contributed by atoms with Crippen molar-refractivity contribution in [2.45, 2.75) is 43.7 Å². The van der Waals surface area contributed by atoms with Crippen LogP contribution >= 0.6 is 15.9 Å². The van der Waals surface area contributed by atoms with Gasteiger partial charge in [-0.25, -0.2) is 4.39 Å². The largest absolute Gasteiger partial charge is 0.378 e. The van der Waals surface area contributed by atoms with Crippen molar-refractivity contribution >= 4 is 15.9 Å². The first-order valence-electron chi connectivity index (χ1n) is 6.30. The van der Waals surface area contributed by atoms with Gasteiger partial charge in [0.2, 0.25) is 0 Å². The lowest BCUT2D eigenvalue weighted by Gasteiger charge is -2.42. The summed E-state index contributed by atoms with van der Waals surface area (Å²) in [6.45, 7) is 0. The second kappa shape index (κ2) is 5.68. The van der Waals surface area contributed by atoms with E-state index in [9.17, 15) is 4.39 Å². The third-order valence-corrected chi connectivity index (χ3v) is 4.73. The zero-order valence-corrected chi connectivity index (χ0v) is 12.2. The van der Waals surface area contributed by atoms with Crippen molar-refractivity contribution in [2.75, 3.05) is 7.11 Å². The molecule has 0 aromatic heterocycles. The Morgan fingerprint density at radius 2 is 2.22 bits per heavy atom. The van der Waals surface area contributed by atoms with E-state index in [1.807, 2.05) is 6.07 Å². The number of rotatable bonds is 5. The smallest absolute Gasteiger partial charge is 0.137 e. The highest BCUT2D eigenvalue weighted by Crippen LogP contribution is 2.39. The van der Waals surface area contributed by atoms with Crippen LogP contribution in [0.2, 0.25) is 0 Å². The van der Waals surface area contributed by atoms with E-state index in [2.05, 4.69) is 15.9 Å². The number of hydrogen-bond acceptors (Lipinski definition) is 2. The molecule has 0 radical (unpaired) electrons. The van der Waals surface area contributed by atoms with Gasteiger partial charge in [0.05, 0.1) is 10.1 Å². The lowest BCUT2D eigenvalue weighted by molar-refractivity contribution is -0.0813. The lowest BCUT2D eigenvalue weighted by Crippen LogP contribution is -2.45. The summed E-state index contributed by atoms with van der Waals surface area (Å²) in [5.74, 6) is -0.232. The SMILES string of the molecule is COC1(CC(N)Cc2cccc(F)c2Br)CCC1. The van der Waals surface area contributed by atoms with Crippen molar-refractivity contribution in [3.8, 4) is 0 Å². The van der Waals surface area contributed by atoms with Crippen molar-refractivity contribution in [1.29, 1.82) is 0 Å². The Morgan fingerprint density at radius 3 is 2.78 bits per heavy atom. The van der Waals surface area contributed by atoms with Crippen molar-refractivity contribution in [1.82, 2.24) is 0 Å². The van der Waals surface area contributed by atoms with E-state index in [1.165, 1.54) is 12.5 Å². The number of methoxy groups -OCH3 is 1. The molecule has 100 valence electrons. The predicted molar refractivity (Wildman–Crippen MR) is 74.0 cm³/mol. The molecule has 1 saturated carbocycles. The van der Waals surface area contributed by atoms with Crippen molar-refractivity contribution in [3.05, 3.63) is 34.1 Å². The molecule has 2 nitrogen and oxygen atoms in total. The van der Waals surface area contributed by atoms with E-state index in [-0.39, 0.29) is 17.5 Å². The molecule has 1 aromatic carbocycles. The van der Waals surface area contributed by atoms with Gasteiger partial charge < -0.3 is 10.5 Å².